The van der Waals surface area contributed by atoms with E-state index in [4.69, 9.17) is 0 Å². The number of nitrogens with one attached hydrogen (secondary N) is 4. The molecule has 4 amide bonds. The minimum Gasteiger partial charge on any atom is -0.480 e. The summed E-state index contributed by atoms with van der Waals surface area (Å²) in [5.41, 5.74) is 0. The fourth-order valence-electron chi connectivity index (χ4n) is 4.53. The number of unbranched alkanes of at least 4 members (excludes halogenated alkanes) is 6. The quantitative estimate of drug-likeness (QED) is 0.100. The van der Waals surface area contributed by atoms with Crippen LogP contribution in [0.5, 0.6) is 0 Å². The minimum absolute atomic E-state index is 0.199. The molecule has 43 heavy (non-hydrogen) atoms. The SMILES string of the molecule is CC(C)[C@H](NC(=O)[C@@H](NC(=O)CCCCCCCCCC(=O)N[C@H](C(=O)N[C@H](C(=O)O)C(C)C)C(C)C)C(C)C)C(=O)O. The molecule has 0 aromatic carbocycles. The molecule has 0 rings (SSSR count). The van der Waals surface area contributed by atoms with Gasteiger partial charge in [0.2, 0.25) is 23.6 Å². The highest BCUT2D eigenvalue weighted by molar-refractivity contribution is 5.91. The lowest BCUT2D eigenvalue weighted by atomic mass is 10.00. The van der Waals surface area contributed by atoms with Crippen LogP contribution in [0.4, 0.5) is 0 Å². The fraction of sp³-hybridized carbons (Fsp3) is 0.806. The zero-order chi connectivity index (χ0) is 33.3. The van der Waals surface area contributed by atoms with Crippen molar-refractivity contribution in [1.29, 1.82) is 0 Å². The molecular weight excluding hydrogens is 556 g/mol. The first kappa shape index (κ1) is 39.8. The van der Waals surface area contributed by atoms with Gasteiger partial charge < -0.3 is 31.5 Å². The van der Waals surface area contributed by atoms with E-state index < -0.39 is 47.9 Å². The third kappa shape index (κ3) is 16.3. The van der Waals surface area contributed by atoms with E-state index in [0.29, 0.717) is 12.8 Å². The van der Waals surface area contributed by atoms with Crippen LogP contribution in [0.15, 0.2) is 0 Å². The molecule has 12 heteroatoms. The Morgan fingerprint density at radius 2 is 0.674 bits per heavy atom. The summed E-state index contributed by atoms with van der Waals surface area (Å²) in [6.07, 6.45) is 6.40. The minimum atomic E-state index is -1.11. The molecule has 248 valence electrons. The van der Waals surface area contributed by atoms with E-state index in [0.717, 1.165) is 32.1 Å². The third-order valence-electron chi connectivity index (χ3n) is 7.30. The second kappa shape index (κ2) is 20.7. The van der Waals surface area contributed by atoms with Crippen molar-refractivity contribution in [2.45, 2.75) is 137 Å². The topological polar surface area (TPSA) is 191 Å². The van der Waals surface area contributed by atoms with E-state index in [2.05, 4.69) is 21.3 Å². The zero-order valence-corrected chi connectivity index (χ0v) is 27.3. The smallest absolute Gasteiger partial charge is 0.326 e. The monoisotopic (exact) mass is 612 g/mol. The van der Waals surface area contributed by atoms with Crippen molar-refractivity contribution in [2.75, 3.05) is 0 Å². The van der Waals surface area contributed by atoms with E-state index >= 15 is 0 Å². The molecule has 0 saturated carbocycles. The van der Waals surface area contributed by atoms with E-state index in [1.807, 2.05) is 0 Å². The summed E-state index contributed by atoms with van der Waals surface area (Å²) in [5, 5.41) is 29.2. The molecule has 0 fully saturated rings. The maximum absolute atomic E-state index is 12.6. The average Bonchev–Trinajstić information content (AvgIpc) is 2.89. The summed E-state index contributed by atoms with van der Waals surface area (Å²) in [6, 6.07) is -3.66. The molecule has 0 spiro atoms. The number of carbonyl (C=O) groups excluding carboxylic acids is 4. The number of rotatable bonds is 22. The maximum atomic E-state index is 12.6. The zero-order valence-electron chi connectivity index (χ0n) is 27.3. The van der Waals surface area contributed by atoms with Crippen LogP contribution >= 0.6 is 0 Å². The van der Waals surface area contributed by atoms with E-state index in [9.17, 15) is 39.0 Å². The third-order valence-corrected chi connectivity index (χ3v) is 7.30. The Labute approximate surface area is 256 Å². The Hall–Kier alpha value is -3.18. The van der Waals surface area contributed by atoms with Crippen LogP contribution in [0, 0.1) is 23.7 Å². The molecule has 0 heterocycles. The molecule has 0 aliphatic rings. The first-order chi connectivity index (χ1) is 20.0. The second-order valence-corrected chi connectivity index (χ2v) is 12.7. The van der Waals surface area contributed by atoms with Gasteiger partial charge in [-0.05, 0) is 36.5 Å². The Morgan fingerprint density at radius 3 is 0.907 bits per heavy atom. The fourth-order valence-corrected chi connectivity index (χ4v) is 4.53. The van der Waals surface area contributed by atoms with E-state index in [1.54, 1.807) is 55.4 Å². The normalized spacial score (nSPS) is 14.2. The summed E-state index contributed by atoms with van der Waals surface area (Å²) < 4.78 is 0. The lowest BCUT2D eigenvalue weighted by Crippen LogP contribution is -2.54. The highest BCUT2D eigenvalue weighted by atomic mass is 16.4. The molecule has 0 radical (unpaired) electrons. The predicted molar refractivity (Wildman–Crippen MR) is 164 cm³/mol. The van der Waals surface area contributed by atoms with Gasteiger partial charge in [-0.2, -0.15) is 0 Å². The van der Waals surface area contributed by atoms with Crippen molar-refractivity contribution in [3.63, 3.8) is 0 Å². The lowest BCUT2D eigenvalue weighted by molar-refractivity contribution is -0.144. The Kier molecular flexibility index (Phi) is 19.1. The van der Waals surface area contributed by atoms with Gasteiger partial charge in [-0.15, -0.1) is 0 Å². The summed E-state index contributed by atoms with van der Waals surface area (Å²) in [7, 11) is 0. The lowest BCUT2D eigenvalue weighted by Gasteiger charge is -2.25. The number of carboxylic acid groups (broad SMARTS) is 2. The predicted octanol–water partition coefficient (Wildman–Crippen LogP) is 3.23. The number of hydrogen-bond donors (Lipinski definition) is 6. The molecule has 0 bridgehead atoms. The van der Waals surface area contributed by atoms with Crippen LogP contribution in [0.2, 0.25) is 0 Å². The van der Waals surface area contributed by atoms with Crippen molar-refractivity contribution >= 4 is 35.6 Å². The van der Waals surface area contributed by atoms with Crippen LogP contribution in [0.3, 0.4) is 0 Å². The van der Waals surface area contributed by atoms with Crippen LogP contribution in [-0.4, -0.2) is 69.9 Å². The van der Waals surface area contributed by atoms with Crippen LogP contribution in [-0.2, 0) is 28.8 Å². The van der Waals surface area contributed by atoms with Crippen molar-refractivity contribution in [3.05, 3.63) is 0 Å². The van der Waals surface area contributed by atoms with Crippen LogP contribution in [0.1, 0.15) is 113 Å². The van der Waals surface area contributed by atoms with E-state index in [-0.39, 0.29) is 48.3 Å². The van der Waals surface area contributed by atoms with Gasteiger partial charge in [0, 0.05) is 12.8 Å². The molecular formula is C31H56N4O8. The van der Waals surface area contributed by atoms with Crippen LogP contribution < -0.4 is 21.3 Å². The molecule has 6 N–H and O–H groups in total. The number of carboxylic acids is 2. The van der Waals surface area contributed by atoms with Gasteiger partial charge in [0.15, 0.2) is 0 Å². The highest BCUT2D eigenvalue weighted by Gasteiger charge is 2.31. The molecule has 0 aliphatic heterocycles. The summed E-state index contributed by atoms with van der Waals surface area (Å²) in [4.78, 5) is 72.9. The second-order valence-electron chi connectivity index (χ2n) is 12.7. The number of carbonyl (C=O) groups is 6. The van der Waals surface area contributed by atoms with Gasteiger partial charge in [-0.3, -0.25) is 19.2 Å². The van der Waals surface area contributed by atoms with Crippen molar-refractivity contribution < 1.29 is 39.0 Å². The molecule has 0 unspecified atom stereocenters. The number of aliphatic carboxylic acids is 2. The molecule has 0 saturated heterocycles. The van der Waals surface area contributed by atoms with Gasteiger partial charge >= 0.3 is 11.9 Å². The highest BCUT2D eigenvalue weighted by Crippen LogP contribution is 2.12. The first-order valence-corrected chi connectivity index (χ1v) is 15.6. The van der Waals surface area contributed by atoms with Crippen molar-refractivity contribution in [3.8, 4) is 0 Å². The number of hydrogen-bond acceptors (Lipinski definition) is 6. The molecule has 4 atom stereocenters. The Balaban J connectivity index is 4.33. The standard InChI is InChI=1S/C31H56N4O8/c1-18(2)24(28(38)34-26(20(5)6)30(40)41)32-22(36)16-14-12-10-9-11-13-15-17-23(37)33-25(19(3)4)29(39)35-27(21(7)8)31(42)43/h18-21,24-27H,9-17H2,1-8H3,(H,32,36)(H,33,37)(H,34,38)(H,35,39)(H,40,41)(H,42,43)/t24-,25-,26-,27-/m0/s1. The molecule has 0 aliphatic carbocycles. The number of amides is 4. The van der Waals surface area contributed by atoms with Crippen LogP contribution in [0.25, 0.3) is 0 Å². The summed E-state index contributed by atoms with van der Waals surface area (Å²) >= 11 is 0. The Morgan fingerprint density at radius 1 is 0.419 bits per heavy atom. The van der Waals surface area contributed by atoms with Gasteiger partial charge in [0.1, 0.15) is 24.2 Å². The molecule has 0 aromatic rings. The van der Waals surface area contributed by atoms with Gasteiger partial charge in [-0.25, -0.2) is 9.59 Å². The van der Waals surface area contributed by atoms with E-state index in [1.165, 1.54) is 0 Å². The maximum Gasteiger partial charge on any atom is 0.326 e. The van der Waals surface area contributed by atoms with Crippen molar-refractivity contribution in [2.24, 2.45) is 23.7 Å². The average molecular weight is 613 g/mol. The summed E-state index contributed by atoms with van der Waals surface area (Å²) in [6.45, 7) is 14.0. The molecule has 12 nitrogen and oxygen atoms in total. The first-order valence-electron chi connectivity index (χ1n) is 15.6. The van der Waals surface area contributed by atoms with Crippen molar-refractivity contribution in [1.82, 2.24) is 21.3 Å². The Bertz CT molecular complexity index is 847. The van der Waals surface area contributed by atoms with Gasteiger partial charge in [-0.1, -0.05) is 87.5 Å². The van der Waals surface area contributed by atoms with Gasteiger partial charge in [0.05, 0.1) is 0 Å². The largest absolute Gasteiger partial charge is 0.480 e. The molecule has 0 aromatic heterocycles. The summed E-state index contributed by atoms with van der Waals surface area (Å²) in [5.74, 6) is -4.69. The van der Waals surface area contributed by atoms with Gasteiger partial charge in [0.25, 0.3) is 0 Å².